The van der Waals surface area contributed by atoms with E-state index in [2.05, 4.69) is 26.1 Å². The molecule has 0 amide bonds. The Kier molecular flexibility index (Phi) is 1.73. The van der Waals surface area contributed by atoms with Crippen molar-refractivity contribution < 1.29 is 4.74 Å². The molecular weight excluding hydrogens is 222 g/mol. The third kappa shape index (κ3) is 1.06. The zero-order chi connectivity index (χ0) is 8.55. The fourth-order valence-electron chi connectivity index (χ4n) is 0.983. The van der Waals surface area contributed by atoms with Gasteiger partial charge < -0.3 is 4.74 Å². The van der Waals surface area contributed by atoms with Gasteiger partial charge in [-0.2, -0.15) is 0 Å². The molecule has 2 rings (SSSR count). The Balaban J connectivity index is 2.75. The average Bonchev–Trinajstić information content (AvgIpc) is 2.52. The highest BCUT2D eigenvalue weighted by Gasteiger charge is 2.02. The standard InChI is InChI=1S/C7H6BrN3O/c1-12-5-2-6(8)7-10-9-4-11(7)3-5/h2-4H,1H3. The number of fused-ring (bicyclic) bond motifs is 1. The van der Waals surface area contributed by atoms with Crippen LogP contribution < -0.4 is 4.74 Å². The van der Waals surface area contributed by atoms with Gasteiger partial charge in [-0.1, -0.05) is 0 Å². The number of pyridine rings is 1. The number of halogens is 1. The van der Waals surface area contributed by atoms with Crippen LogP contribution in [0, 0.1) is 0 Å². The summed E-state index contributed by atoms with van der Waals surface area (Å²) in [7, 11) is 1.62. The second-order valence-electron chi connectivity index (χ2n) is 2.29. The largest absolute Gasteiger partial charge is 0.495 e. The van der Waals surface area contributed by atoms with Crippen LogP contribution in [0.25, 0.3) is 5.65 Å². The third-order valence-corrected chi connectivity index (χ3v) is 2.14. The predicted molar refractivity (Wildman–Crippen MR) is 47.2 cm³/mol. The zero-order valence-electron chi connectivity index (χ0n) is 6.36. The van der Waals surface area contributed by atoms with E-state index in [0.29, 0.717) is 0 Å². The molecule has 0 saturated heterocycles. The molecule has 5 heteroatoms. The lowest BCUT2D eigenvalue weighted by Crippen LogP contribution is -1.88. The summed E-state index contributed by atoms with van der Waals surface area (Å²) in [5.41, 5.74) is 0.788. The number of nitrogens with zero attached hydrogens (tertiary/aromatic N) is 3. The molecule has 0 saturated carbocycles. The lowest BCUT2D eigenvalue weighted by Gasteiger charge is -2.00. The number of ether oxygens (including phenoxy) is 1. The fourth-order valence-corrected chi connectivity index (χ4v) is 1.49. The van der Waals surface area contributed by atoms with Crippen LogP contribution in [0.2, 0.25) is 0 Å². The van der Waals surface area contributed by atoms with Crippen molar-refractivity contribution in [3.8, 4) is 5.75 Å². The van der Waals surface area contributed by atoms with Crippen LogP contribution in [-0.4, -0.2) is 21.7 Å². The Morgan fingerprint density at radius 1 is 1.58 bits per heavy atom. The molecule has 0 bridgehead atoms. The van der Waals surface area contributed by atoms with E-state index in [0.717, 1.165) is 15.9 Å². The zero-order valence-corrected chi connectivity index (χ0v) is 7.95. The van der Waals surface area contributed by atoms with E-state index in [4.69, 9.17) is 4.74 Å². The molecule has 0 aliphatic carbocycles. The van der Waals surface area contributed by atoms with E-state index < -0.39 is 0 Å². The molecule has 0 spiro atoms. The van der Waals surface area contributed by atoms with E-state index in [1.807, 2.05) is 12.3 Å². The van der Waals surface area contributed by atoms with Crippen LogP contribution in [0.3, 0.4) is 0 Å². The lowest BCUT2D eigenvalue weighted by molar-refractivity contribution is 0.412. The molecule has 0 fully saturated rings. The SMILES string of the molecule is COc1cc(Br)c2nncn2c1. The summed E-state index contributed by atoms with van der Waals surface area (Å²) in [5.74, 6) is 0.772. The number of aromatic nitrogens is 3. The molecule has 2 aromatic rings. The predicted octanol–water partition coefficient (Wildman–Crippen LogP) is 1.50. The topological polar surface area (TPSA) is 39.4 Å². The van der Waals surface area contributed by atoms with Gasteiger partial charge in [0.15, 0.2) is 5.65 Å². The van der Waals surface area contributed by atoms with Gasteiger partial charge in [0.05, 0.1) is 17.8 Å². The average molecular weight is 228 g/mol. The second kappa shape index (κ2) is 2.75. The number of methoxy groups -OCH3 is 1. The molecule has 0 aromatic carbocycles. The Labute approximate surface area is 77.3 Å². The number of hydrogen-bond acceptors (Lipinski definition) is 3. The van der Waals surface area contributed by atoms with Gasteiger partial charge in [0.2, 0.25) is 0 Å². The number of hydrogen-bond donors (Lipinski definition) is 0. The summed E-state index contributed by atoms with van der Waals surface area (Å²) in [6.45, 7) is 0. The molecule has 4 nitrogen and oxygen atoms in total. The molecule has 2 heterocycles. The quantitative estimate of drug-likeness (QED) is 0.742. The van der Waals surface area contributed by atoms with E-state index in [1.54, 1.807) is 17.8 Å². The first kappa shape index (κ1) is 7.54. The van der Waals surface area contributed by atoms with Crippen molar-refractivity contribution in [3.05, 3.63) is 23.1 Å². The molecule has 2 aromatic heterocycles. The molecule has 62 valence electrons. The minimum absolute atomic E-state index is 0.772. The molecule has 0 radical (unpaired) electrons. The van der Waals surface area contributed by atoms with Gasteiger partial charge in [-0.15, -0.1) is 10.2 Å². The maximum absolute atomic E-state index is 5.07. The third-order valence-electron chi connectivity index (χ3n) is 1.56. The van der Waals surface area contributed by atoms with Crippen LogP contribution in [0.4, 0.5) is 0 Å². The van der Waals surface area contributed by atoms with Gasteiger partial charge in [-0.05, 0) is 22.0 Å². The van der Waals surface area contributed by atoms with Crippen molar-refractivity contribution in [3.63, 3.8) is 0 Å². The second-order valence-corrected chi connectivity index (χ2v) is 3.14. The molecule has 0 atom stereocenters. The van der Waals surface area contributed by atoms with Crippen LogP contribution in [0.1, 0.15) is 0 Å². The Morgan fingerprint density at radius 3 is 3.17 bits per heavy atom. The van der Waals surface area contributed by atoms with Crippen molar-refractivity contribution in [1.29, 1.82) is 0 Å². The number of rotatable bonds is 1. The summed E-state index contributed by atoms with van der Waals surface area (Å²) < 4.78 is 7.74. The van der Waals surface area contributed by atoms with Crippen molar-refractivity contribution in [1.82, 2.24) is 14.6 Å². The first-order chi connectivity index (χ1) is 5.81. The smallest absolute Gasteiger partial charge is 0.175 e. The molecule has 0 aliphatic heterocycles. The minimum atomic E-state index is 0.772. The van der Waals surface area contributed by atoms with E-state index in [-0.39, 0.29) is 0 Å². The highest BCUT2D eigenvalue weighted by atomic mass is 79.9. The van der Waals surface area contributed by atoms with Gasteiger partial charge in [0.1, 0.15) is 12.1 Å². The lowest BCUT2D eigenvalue weighted by atomic mass is 10.4. The molecular formula is C7H6BrN3O. The van der Waals surface area contributed by atoms with Gasteiger partial charge >= 0.3 is 0 Å². The summed E-state index contributed by atoms with van der Waals surface area (Å²) in [6.07, 6.45) is 3.45. The maximum Gasteiger partial charge on any atom is 0.175 e. The Bertz CT molecular complexity index is 412. The molecule has 0 aliphatic rings. The summed E-state index contributed by atoms with van der Waals surface area (Å²) >= 11 is 3.36. The van der Waals surface area contributed by atoms with E-state index in [9.17, 15) is 0 Å². The Morgan fingerprint density at radius 2 is 2.42 bits per heavy atom. The van der Waals surface area contributed by atoms with Gasteiger partial charge in [-0.3, -0.25) is 4.40 Å². The highest BCUT2D eigenvalue weighted by Crippen LogP contribution is 2.21. The monoisotopic (exact) mass is 227 g/mol. The van der Waals surface area contributed by atoms with Crippen LogP contribution in [0.5, 0.6) is 5.75 Å². The molecule has 12 heavy (non-hydrogen) atoms. The first-order valence-electron chi connectivity index (χ1n) is 3.34. The van der Waals surface area contributed by atoms with E-state index in [1.165, 1.54) is 0 Å². The van der Waals surface area contributed by atoms with Crippen molar-refractivity contribution in [2.75, 3.05) is 7.11 Å². The fraction of sp³-hybridized carbons (Fsp3) is 0.143. The van der Waals surface area contributed by atoms with Crippen LogP contribution >= 0.6 is 15.9 Å². The van der Waals surface area contributed by atoms with Crippen molar-refractivity contribution in [2.24, 2.45) is 0 Å². The van der Waals surface area contributed by atoms with Crippen molar-refractivity contribution >= 4 is 21.6 Å². The van der Waals surface area contributed by atoms with Crippen LogP contribution in [-0.2, 0) is 0 Å². The maximum atomic E-state index is 5.07. The van der Waals surface area contributed by atoms with E-state index >= 15 is 0 Å². The minimum Gasteiger partial charge on any atom is -0.495 e. The van der Waals surface area contributed by atoms with Gasteiger partial charge in [0.25, 0.3) is 0 Å². The first-order valence-corrected chi connectivity index (χ1v) is 4.13. The summed E-state index contributed by atoms with van der Waals surface area (Å²) in [6, 6.07) is 1.85. The van der Waals surface area contributed by atoms with Gasteiger partial charge in [-0.25, -0.2) is 0 Å². The summed E-state index contributed by atoms with van der Waals surface area (Å²) in [4.78, 5) is 0. The normalized spacial score (nSPS) is 10.5. The van der Waals surface area contributed by atoms with Crippen molar-refractivity contribution in [2.45, 2.75) is 0 Å². The molecule has 0 N–H and O–H groups in total. The molecule has 0 unspecified atom stereocenters. The highest BCUT2D eigenvalue weighted by molar-refractivity contribution is 9.10. The summed E-state index contributed by atoms with van der Waals surface area (Å²) in [5, 5.41) is 7.67. The van der Waals surface area contributed by atoms with Crippen LogP contribution in [0.15, 0.2) is 23.1 Å². The Hall–Kier alpha value is -1.10. The van der Waals surface area contributed by atoms with Gasteiger partial charge in [0, 0.05) is 0 Å².